The molecule has 2 unspecified atom stereocenters. The SMILES string of the molecule is CC(C)(C)OCCC1CCCC1(N)C(=O)O. The highest BCUT2D eigenvalue weighted by molar-refractivity contribution is 5.79. The van der Waals surface area contributed by atoms with Gasteiger partial charge in [0.25, 0.3) is 0 Å². The Labute approximate surface area is 97.2 Å². The zero-order valence-electron chi connectivity index (χ0n) is 10.5. The van der Waals surface area contributed by atoms with E-state index in [4.69, 9.17) is 15.6 Å². The first-order valence-corrected chi connectivity index (χ1v) is 5.92. The average molecular weight is 229 g/mol. The first kappa shape index (κ1) is 13.5. The van der Waals surface area contributed by atoms with Gasteiger partial charge in [-0.15, -0.1) is 0 Å². The van der Waals surface area contributed by atoms with E-state index in [1.165, 1.54) is 0 Å². The van der Waals surface area contributed by atoms with Crippen molar-refractivity contribution in [1.82, 2.24) is 0 Å². The van der Waals surface area contributed by atoms with E-state index < -0.39 is 11.5 Å². The Morgan fingerprint density at radius 2 is 2.19 bits per heavy atom. The zero-order valence-corrected chi connectivity index (χ0v) is 10.5. The molecule has 0 aromatic carbocycles. The van der Waals surface area contributed by atoms with Crippen LogP contribution in [0.4, 0.5) is 0 Å². The molecule has 1 rings (SSSR count). The molecular formula is C12H23NO3. The largest absolute Gasteiger partial charge is 0.480 e. The van der Waals surface area contributed by atoms with Crippen molar-refractivity contribution in [2.24, 2.45) is 11.7 Å². The minimum atomic E-state index is -1.03. The highest BCUT2D eigenvalue weighted by Crippen LogP contribution is 2.36. The lowest BCUT2D eigenvalue weighted by Crippen LogP contribution is -2.51. The summed E-state index contributed by atoms with van der Waals surface area (Å²) in [7, 11) is 0. The van der Waals surface area contributed by atoms with Gasteiger partial charge in [-0.1, -0.05) is 6.42 Å². The Balaban J connectivity index is 2.45. The molecule has 0 heterocycles. The quantitative estimate of drug-likeness (QED) is 0.770. The maximum atomic E-state index is 11.1. The molecule has 3 N–H and O–H groups in total. The van der Waals surface area contributed by atoms with Crippen LogP contribution in [0.15, 0.2) is 0 Å². The lowest BCUT2D eigenvalue weighted by molar-refractivity contribution is -0.145. The van der Waals surface area contributed by atoms with E-state index in [-0.39, 0.29) is 11.5 Å². The fraction of sp³-hybridized carbons (Fsp3) is 0.917. The lowest BCUT2D eigenvalue weighted by Gasteiger charge is -2.28. The number of nitrogens with two attached hydrogens (primary N) is 1. The molecule has 16 heavy (non-hydrogen) atoms. The average Bonchev–Trinajstić information content (AvgIpc) is 2.47. The van der Waals surface area contributed by atoms with Crippen molar-refractivity contribution in [2.75, 3.05) is 6.61 Å². The molecule has 0 amide bonds. The van der Waals surface area contributed by atoms with Crippen LogP contribution in [-0.2, 0) is 9.53 Å². The molecule has 1 aliphatic rings. The molecule has 0 radical (unpaired) electrons. The van der Waals surface area contributed by atoms with Gasteiger partial charge in [0.15, 0.2) is 0 Å². The number of carboxylic acids is 1. The molecule has 0 aromatic rings. The first-order valence-electron chi connectivity index (χ1n) is 5.92. The van der Waals surface area contributed by atoms with Crippen molar-refractivity contribution < 1.29 is 14.6 Å². The molecule has 0 aromatic heterocycles. The second kappa shape index (κ2) is 4.72. The minimum absolute atomic E-state index is 0.0485. The van der Waals surface area contributed by atoms with Gasteiger partial charge in [-0.2, -0.15) is 0 Å². The number of carbonyl (C=O) groups is 1. The second-order valence-electron chi connectivity index (χ2n) is 5.68. The van der Waals surface area contributed by atoms with Crippen LogP contribution in [-0.4, -0.2) is 28.8 Å². The standard InChI is InChI=1S/C12H23NO3/c1-11(2,3)16-8-6-9-5-4-7-12(9,13)10(14)15/h9H,4-8,13H2,1-3H3,(H,14,15). The van der Waals surface area contributed by atoms with Gasteiger partial charge in [0.05, 0.1) is 5.60 Å². The number of aliphatic carboxylic acids is 1. The summed E-state index contributed by atoms with van der Waals surface area (Å²) < 4.78 is 5.62. The van der Waals surface area contributed by atoms with Gasteiger partial charge in [-0.05, 0) is 46.0 Å². The molecule has 1 fully saturated rings. The molecule has 0 saturated heterocycles. The van der Waals surface area contributed by atoms with Crippen LogP contribution < -0.4 is 5.73 Å². The van der Waals surface area contributed by atoms with Crippen LogP contribution in [0.3, 0.4) is 0 Å². The topological polar surface area (TPSA) is 72.5 Å². The monoisotopic (exact) mass is 229 g/mol. The van der Waals surface area contributed by atoms with Crippen LogP contribution in [0.5, 0.6) is 0 Å². The molecule has 0 aliphatic heterocycles. The minimum Gasteiger partial charge on any atom is -0.480 e. The van der Waals surface area contributed by atoms with Crippen LogP contribution in [0.25, 0.3) is 0 Å². The van der Waals surface area contributed by atoms with Crippen LogP contribution >= 0.6 is 0 Å². The van der Waals surface area contributed by atoms with Gasteiger partial charge in [-0.3, -0.25) is 4.79 Å². The Morgan fingerprint density at radius 1 is 1.56 bits per heavy atom. The second-order valence-corrected chi connectivity index (χ2v) is 5.68. The van der Waals surface area contributed by atoms with E-state index in [0.717, 1.165) is 19.3 Å². The van der Waals surface area contributed by atoms with E-state index in [1.54, 1.807) is 0 Å². The van der Waals surface area contributed by atoms with E-state index in [1.807, 2.05) is 20.8 Å². The van der Waals surface area contributed by atoms with Gasteiger partial charge in [-0.25, -0.2) is 0 Å². The number of hydrogen-bond acceptors (Lipinski definition) is 3. The third-order valence-corrected chi connectivity index (χ3v) is 3.27. The molecule has 94 valence electrons. The molecule has 4 nitrogen and oxygen atoms in total. The normalized spacial score (nSPS) is 30.6. The number of ether oxygens (including phenoxy) is 1. The van der Waals surface area contributed by atoms with Gasteiger partial charge >= 0.3 is 5.97 Å². The zero-order chi connectivity index (χ0) is 12.4. The molecule has 1 aliphatic carbocycles. The summed E-state index contributed by atoms with van der Waals surface area (Å²) >= 11 is 0. The summed E-state index contributed by atoms with van der Waals surface area (Å²) in [6, 6.07) is 0. The van der Waals surface area contributed by atoms with Gasteiger partial charge < -0.3 is 15.6 Å². The van der Waals surface area contributed by atoms with Crippen molar-refractivity contribution in [3.8, 4) is 0 Å². The summed E-state index contributed by atoms with van der Waals surface area (Å²) in [6.45, 7) is 6.57. The summed E-state index contributed by atoms with van der Waals surface area (Å²) in [5.41, 5.74) is 4.75. The van der Waals surface area contributed by atoms with Crippen molar-refractivity contribution >= 4 is 5.97 Å². The van der Waals surface area contributed by atoms with Crippen LogP contribution in [0, 0.1) is 5.92 Å². The maximum absolute atomic E-state index is 11.1. The summed E-state index contributed by atoms with van der Waals surface area (Å²) in [5, 5.41) is 9.14. The van der Waals surface area contributed by atoms with Crippen LogP contribution in [0.2, 0.25) is 0 Å². The van der Waals surface area contributed by atoms with E-state index in [2.05, 4.69) is 0 Å². The Bertz CT molecular complexity index is 259. The Morgan fingerprint density at radius 3 is 2.69 bits per heavy atom. The number of hydrogen-bond donors (Lipinski definition) is 2. The van der Waals surface area contributed by atoms with Gasteiger partial charge in [0.2, 0.25) is 0 Å². The fourth-order valence-electron chi connectivity index (χ4n) is 2.29. The maximum Gasteiger partial charge on any atom is 0.323 e. The van der Waals surface area contributed by atoms with Crippen molar-refractivity contribution in [3.63, 3.8) is 0 Å². The molecule has 2 atom stereocenters. The fourth-order valence-corrected chi connectivity index (χ4v) is 2.29. The first-order chi connectivity index (χ1) is 7.26. The Hall–Kier alpha value is -0.610. The van der Waals surface area contributed by atoms with Crippen LogP contribution in [0.1, 0.15) is 46.5 Å². The van der Waals surface area contributed by atoms with E-state index >= 15 is 0 Å². The van der Waals surface area contributed by atoms with Crippen molar-refractivity contribution in [2.45, 2.75) is 57.6 Å². The molecule has 1 saturated carbocycles. The molecule has 4 heteroatoms. The molecule has 0 bridgehead atoms. The van der Waals surface area contributed by atoms with Crippen molar-refractivity contribution in [3.05, 3.63) is 0 Å². The lowest BCUT2D eigenvalue weighted by atomic mass is 9.86. The number of carboxylic acid groups (broad SMARTS) is 1. The summed E-state index contributed by atoms with van der Waals surface area (Å²) in [6.07, 6.45) is 3.13. The number of rotatable bonds is 4. The predicted molar refractivity (Wildman–Crippen MR) is 62.2 cm³/mol. The third kappa shape index (κ3) is 3.19. The third-order valence-electron chi connectivity index (χ3n) is 3.27. The summed E-state index contributed by atoms with van der Waals surface area (Å²) in [5.74, 6) is -0.821. The molecular weight excluding hydrogens is 206 g/mol. The van der Waals surface area contributed by atoms with E-state index in [9.17, 15) is 4.79 Å². The van der Waals surface area contributed by atoms with E-state index in [0.29, 0.717) is 13.0 Å². The smallest absolute Gasteiger partial charge is 0.323 e. The Kier molecular flexibility index (Phi) is 3.97. The predicted octanol–water partition coefficient (Wildman–Crippen LogP) is 1.77. The van der Waals surface area contributed by atoms with Gasteiger partial charge in [0, 0.05) is 6.61 Å². The molecule has 0 spiro atoms. The summed E-state index contributed by atoms with van der Waals surface area (Å²) in [4.78, 5) is 11.1. The highest BCUT2D eigenvalue weighted by atomic mass is 16.5. The van der Waals surface area contributed by atoms with Crippen molar-refractivity contribution in [1.29, 1.82) is 0 Å². The van der Waals surface area contributed by atoms with Gasteiger partial charge in [0.1, 0.15) is 5.54 Å². The highest BCUT2D eigenvalue weighted by Gasteiger charge is 2.45.